The molecule has 0 bridgehead atoms. The van der Waals surface area contributed by atoms with Crippen LogP contribution in [0.3, 0.4) is 0 Å². The van der Waals surface area contributed by atoms with E-state index in [9.17, 15) is 18.3 Å². The highest BCUT2D eigenvalue weighted by Gasteiger charge is 2.63. The topological polar surface area (TPSA) is 41.5 Å². The van der Waals surface area contributed by atoms with Gasteiger partial charge in [0.15, 0.2) is 0 Å². The summed E-state index contributed by atoms with van der Waals surface area (Å²) in [6.45, 7) is 1.74. The number of aryl methyl sites for hydroxylation is 1. The smallest absolute Gasteiger partial charge is 0.406 e. The fourth-order valence-corrected chi connectivity index (χ4v) is 1.96. The van der Waals surface area contributed by atoms with Crippen LogP contribution in [0, 0.1) is 6.92 Å². The lowest BCUT2D eigenvalue weighted by Crippen LogP contribution is -2.48. The maximum Gasteiger partial charge on any atom is 0.406 e. The second kappa shape index (κ2) is 5.61. The predicted molar refractivity (Wildman–Crippen MR) is 68.7 cm³/mol. The van der Waals surface area contributed by atoms with Crippen molar-refractivity contribution in [3.63, 3.8) is 0 Å². The van der Waals surface area contributed by atoms with Crippen LogP contribution >= 0.6 is 0 Å². The zero-order chi connectivity index (χ0) is 14.8. The average molecular weight is 289 g/mol. The first-order chi connectivity index (χ1) is 9.32. The third-order valence-electron chi connectivity index (χ3n) is 3.40. The van der Waals surface area contributed by atoms with Crippen LogP contribution in [0.2, 0.25) is 0 Å². The van der Waals surface area contributed by atoms with Crippen LogP contribution in [0.1, 0.15) is 18.4 Å². The van der Waals surface area contributed by atoms with Gasteiger partial charge in [-0.1, -0.05) is 12.1 Å². The third kappa shape index (κ3) is 3.64. The molecule has 0 aromatic heterocycles. The number of nitrogens with one attached hydrogen (secondary N) is 1. The number of β-amino-alcohol motifs (C(OH)–C–C–N with tert-alkyl or cyclic N) is 1. The van der Waals surface area contributed by atoms with Crippen LogP contribution in [0.5, 0.6) is 5.75 Å². The highest BCUT2D eigenvalue weighted by molar-refractivity contribution is 5.27. The minimum atomic E-state index is -4.26. The van der Waals surface area contributed by atoms with Gasteiger partial charge in [-0.05, 0) is 37.5 Å². The van der Waals surface area contributed by atoms with E-state index >= 15 is 0 Å². The summed E-state index contributed by atoms with van der Waals surface area (Å²) in [5, 5.41) is 12.1. The second-order valence-electron chi connectivity index (χ2n) is 5.24. The molecule has 2 N–H and O–H groups in total. The molecule has 1 aliphatic carbocycles. The lowest BCUT2D eigenvalue weighted by atomic mass is 10.2. The first kappa shape index (κ1) is 15.1. The maximum atomic E-state index is 12.7. The maximum absolute atomic E-state index is 12.7. The van der Waals surface area contributed by atoms with Gasteiger partial charge < -0.3 is 15.2 Å². The Kier molecular flexibility index (Phi) is 4.25. The average Bonchev–Trinajstić information content (AvgIpc) is 3.14. The fraction of sp³-hybridized carbons (Fsp3) is 0.571. The standard InChI is InChI=1S/C14H18F3NO2/c1-10-3-2-4-12(7-10)20-9-11(19)8-18-13(5-6-13)14(15,16)17/h2-4,7,11,18-19H,5-6,8-9H2,1H3. The van der Waals surface area contributed by atoms with Crippen molar-refractivity contribution < 1.29 is 23.0 Å². The first-order valence-electron chi connectivity index (χ1n) is 6.52. The molecule has 0 radical (unpaired) electrons. The van der Waals surface area contributed by atoms with Crippen molar-refractivity contribution in [2.24, 2.45) is 0 Å². The summed E-state index contributed by atoms with van der Waals surface area (Å²) >= 11 is 0. The number of rotatable bonds is 6. The van der Waals surface area contributed by atoms with E-state index in [1.165, 1.54) is 0 Å². The molecule has 0 amide bonds. The van der Waals surface area contributed by atoms with E-state index in [-0.39, 0.29) is 26.0 Å². The van der Waals surface area contributed by atoms with Crippen LogP contribution in [0.25, 0.3) is 0 Å². The Morgan fingerprint density at radius 3 is 2.65 bits per heavy atom. The molecule has 0 aliphatic heterocycles. The van der Waals surface area contributed by atoms with Gasteiger partial charge in [0, 0.05) is 6.54 Å². The molecular weight excluding hydrogens is 271 g/mol. The van der Waals surface area contributed by atoms with Crippen molar-refractivity contribution >= 4 is 0 Å². The number of benzene rings is 1. The number of hydrogen-bond acceptors (Lipinski definition) is 3. The largest absolute Gasteiger partial charge is 0.491 e. The van der Waals surface area contributed by atoms with E-state index in [0.29, 0.717) is 5.75 Å². The van der Waals surface area contributed by atoms with Crippen molar-refractivity contribution in [1.82, 2.24) is 5.32 Å². The lowest BCUT2D eigenvalue weighted by Gasteiger charge is -2.22. The third-order valence-corrected chi connectivity index (χ3v) is 3.40. The van der Waals surface area contributed by atoms with Crippen LogP contribution in [-0.4, -0.2) is 36.1 Å². The molecular formula is C14H18F3NO2. The van der Waals surface area contributed by atoms with Crippen LogP contribution < -0.4 is 10.1 Å². The summed E-state index contributed by atoms with van der Waals surface area (Å²) in [5.41, 5.74) is -0.777. The zero-order valence-electron chi connectivity index (χ0n) is 11.2. The summed E-state index contributed by atoms with van der Waals surface area (Å²) in [5.74, 6) is 0.598. The zero-order valence-corrected chi connectivity index (χ0v) is 11.2. The quantitative estimate of drug-likeness (QED) is 0.845. The Labute approximate surface area is 115 Å². The molecule has 1 fully saturated rings. The Hall–Kier alpha value is -1.27. The molecule has 20 heavy (non-hydrogen) atoms. The van der Waals surface area contributed by atoms with Crippen LogP contribution in [-0.2, 0) is 0 Å². The molecule has 3 nitrogen and oxygen atoms in total. The molecule has 0 spiro atoms. The molecule has 1 atom stereocenters. The normalized spacial score (nSPS) is 18.6. The summed E-state index contributed by atoms with van der Waals surface area (Å²) < 4.78 is 43.3. The number of aliphatic hydroxyl groups excluding tert-OH is 1. The number of aliphatic hydroxyl groups is 1. The van der Waals surface area contributed by atoms with Gasteiger partial charge in [-0.2, -0.15) is 13.2 Å². The van der Waals surface area contributed by atoms with Crippen LogP contribution in [0.4, 0.5) is 13.2 Å². The van der Waals surface area contributed by atoms with Gasteiger partial charge in [0.1, 0.15) is 24.0 Å². The van der Waals surface area contributed by atoms with Gasteiger partial charge in [-0.3, -0.25) is 0 Å². The molecule has 6 heteroatoms. The van der Waals surface area contributed by atoms with E-state index in [1.807, 2.05) is 19.1 Å². The molecule has 2 rings (SSSR count). The molecule has 0 saturated heterocycles. The molecule has 1 saturated carbocycles. The van der Waals surface area contributed by atoms with Crippen molar-refractivity contribution in [2.75, 3.05) is 13.2 Å². The van der Waals surface area contributed by atoms with Gasteiger partial charge in [0.25, 0.3) is 0 Å². The second-order valence-corrected chi connectivity index (χ2v) is 5.24. The van der Waals surface area contributed by atoms with Gasteiger partial charge >= 0.3 is 6.18 Å². The summed E-state index contributed by atoms with van der Waals surface area (Å²) in [4.78, 5) is 0. The highest BCUT2D eigenvalue weighted by Crippen LogP contribution is 2.48. The number of halogens is 3. The fourth-order valence-electron chi connectivity index (χ4n) is 1.96. The SMILES string of the molecule is Cc1cccc(OCC(O)CNC2(C(F)(F)F)CC2)c1. The first-order valence-corrected chi connectivity index (χ1v) is 6.52. The molecule has 1 aliphatic rings. The van der Waals surface area contributed by atoms with Crippen molar-refractivity contribution in [3.05, 3.63) is 29.8 Å². The Morgan fingerprint density at radius 2 is 2.10 bits per heavy atom. The van der Waals surface area contributed by atoms with Crippen molar-refractivity contribution in [1.29, 1.82) is 0 Å². The van der Waals surface area contributed by atoms with Gasteiger partial charge in [0.2, 0.25) is 0 Å². The van der Waals surface area contributed by atoms with E-state index < -0.39 is 17.8 Å². The molecule has 112 valence electrons. The molecule has 1 unspecified atom stereocenters. The Balaban J connectivity index is 1.75. The van der Waals surface area contributed by atoms with Crippen molar-refractivity contribution in [2.45, 2.75) is 37.6 Å². The minimum absolute atomic E-state index is 0.0373. The van der Waals surface area contributed by atoms with E-state index in [1.54, 1.807) is 12.1 Å². The van der Waals surface area contributed by atoms with E-state index in [2.05, 4.69) is 5.32 Å². The highest BCUT2D eigenvalue weighted by atomic mass is 19.4. The summed E-state index contributed by atoms with van der Waals surface area (Å²) in [6.07, 6.45) is -5.09. The minimum Gasteiger partial charge on any atom is -0.491 e. The Morgan fingerprint density at radius 1 is 1.40 bits per heavy atom. The Bertz CT molecular complexity index is 458. The number of ether oxygens (including phenoxy) is 1. The van der Waals surface area contributed by atoms with Crippen molar-refractivity contribution in [3.8, 4) is 5.75 Å². The molecule has 0 heterocycles. The van der Waals surface area contributed by atoms with Gasteiger partial charge in [-0.15, -0.1) is 0 Å². The van der Waals surface area contributed by atoms with Crippen LogP contribution in [0.15, 0.2) is 24.3 Å². The van der Waals surface area contributed by atoms with E-state index in [4.69, 9.17) is 4.74 Å². The molecule has 1 aromatic carbocycles. The number of alkyl halides is 3. The predicted octanol–water partition coefficient (Wildman–Crippen LogP) is 2.42. The van der Waals surface area contributed by atoms with Gasteiger partial charge in [0.05, 0.1) is 0 Å². The monoisotopic (exact) mass is 289 g/mol. The summed E-state index contributed by atoms with van der Waals surface area (Å²) in [7, 11) is 0. The van der Waals surface area contributed by atoms with E-state index in [0.717, 1.165) is 5.56 Å². The lowest BCUT2D eigenvalue weighted by molar-refractivity contribution is -0.166. The number of hydrogen-bond donors (Lipinski definition) is 2. The molecule has 1 aromatic rings. The summed E-state index contributed by atoms with van der Waals surface area (Å²) in [6, 6.07) is 7.27. The van der Waals surface area contributed by atoms with Gasteiger partial charge in [-0.25, -0.2) is 0 Å².